The highest BCUT2D eigenvalue weighted by Crippen LogP contribution is 2.46. The molecule has 2 aromatic heterocycles. The van der Waals surface area contributed by atoms with E-state index in [0.29, 0.717) is 5.56 Å². The van der Waals surface area contributed by atoms with Gasteiger partial charge in [0.05, 0.1) is 6.61 Å². The van der Waals surface area contributed by atoms with Gasteiger partial charge < -0.3 is 29.2 Å². The quantitative estimate of drug-likeness (QED) is 0.185. The molecule has 1 amide bonds. The van der Waals surface area contributed by atoms with E-state index >= 15 is 0 Å². The Kier molecular flexibility index (Phi) is 8.12. The van der Waals surface area contributed by atoms with E-state index in [0.717, 1.165) is 16.7 Å². The average Bonchev–Trinajstić information content (AvgIpc) is 3.77. The molecule has 252 valence electrons. The van der Waals surface area contributed by atoms with Gasteiger partial charge in [-0.2, -0.15) is 0 Å². The van der Waals surface area contributed by atoms with Crippen LogP contribution in [0.2, 0.25) is 0 Å². The van der Waals surface area contributed by atoms with Gasteiger partial charge in [0.1, 0.15) is 35.8 Å². The predicted octanol–water partition coefficient (Wildman–Crippen LogP) is 5.80. The summed E-state index contributed by atoms with van der Waals surface area (Å²) in [7, 11) is 0. The van der Waals surface area contributed by atoms with Gasteiger partial charge in [-0.1, -0.05) is 109 Å². The highest BCUT2D eigenvalue weighted by Gasteiger charge is 2.57. The van der Waals surface area contributed by atoms with Crippen LogP contribution in [0.5, 0.6) is 0 Å². The van der Waals surface area contributed by atoms with Crippen molar-refractivity contribution in [3.8, 4) is 0 Å². The second-order valence-electron chi connectivity index (χ2n) is 12.8. The molecule has 2 aliphatic heterocycles. The third kappa shape index (κ3) is 5.60. The summed E-state index contributed by atoms with van der Waals surface area (Å²) in [5, 5.41) is 2.79. The van der Waals surface area contributed by atoms with Gasteiger partial charge in [-0.25, -0.2) is 19.3 Å². The van der Waals surface area contributed by atoms with Gasteiger partial charge in [-0.3, -0.25) is 4.79 Å². The van der Waals surface area contributed by atoms with E-state index in [1.165, 1.54) is 10.9 Å². The Morgan fingerprint density at radius 3 is 1.94 bits per heavy atom. The van der Waals surface area contributed by atoms with Crippen molar-refractivity contribution in [2.24, 2.45) is 0 Å². The molecule has 2 aliphatic rings. The van der Waals surface area contributed by atoms with Crippen LogP contribution in [0.1, 0.15) is 47.1 Å². The Hall–Kier alpha value is -5.46. The fourth-order valence-electron chi connectivity index (χ4n) is 7.01. The van der Waals surface area contributed by atoms with E-state index in [1.54, 1.807) is 24.3 Å². The number of anilines is 1. The number of hydrogen-bond acceptors (Lipinski definition) is 8. The first-order chi connectivity index (χ1) is 24.3. The lowest BCUT2D eigenvalue weighted by molar-refractivity contribution is -0.205. The number of benzene rings is 4. The first kappa shape index (κ1) is 31.8. The lowest BCUT2D eigenvalue weighted by atomic mass is 9.80. The fourth-order valence-corrected chi connectivity index (χ4v) is 7.01. The second-order valence-corrected chi connectivity index (χ2v) is 12.8. The molecule has 4 atom stereocenters. The lowest BCUT2D eigenvalue weighted by Gasteiger charge is -2.37. The number of aromatic amines is 1. The predicted molar refractivity (Wildman–Crippen MR) is 185 cm³/mol. The molecular weight excluding hydrogens is 634 g/mol. The number of imidazole rings is 1. The number of aromatic nitrogens is 4. The summed E-state index contributed by atoms with van der Waals surface area (Å²) in [6.07, 6.45) is -1.52. The molecule has 0 unspecified atom stereocenters. The summed E-state index contributed by atoms with van der Waals surface area (Å²) < 4.78 is 28.0. The molecule has 4 aromatic carbocycles. The van der Waals surface area contributed by atoms with E-state index in [4.69, 9.17) is 18.9 Å². The van der Waals surface area contributed by atoms with Gasteiger partial charge in [0.2, 0.25) is 0 Å². The molecule has 50 heavy (non-hydrogen) atoms. The minimum Gasteiger partial charge on any atom is -0.358 e. The summed E-state index contributed by atoms with van der Waals surface area (Å²) in [6, 6.07) is 39.0. The van der Waals surface area contributed by atoms with Crippen molar-refractivity contribution in [3.63, 3.8) is 0 Å². The van der Waals surface area contributed by atoms with Crippen LogP contribution in [-0.2, 0) is 24.5 Å². The van der Waals surface area contributed by atoms with Gasteiger partial charge >= 0.3 is 5.69 Å². The van der Waals surface area contributed by atoms with Crippen molar-refractivity contribution in [1.29, 1.82) is 0 Å². The van der Waals surface area contributed by atoms with E-state index in [-0.39, 0.29) is 29.5 Å². The van der Waals surface area contributed by atoms with E-state index in [1.807, 2.05) is 74.5 Å². The Morgan fingerprint density at radius 1 is 0.820 bits per heavy atom. The number of carbonyl (C=O) groups is 1. The Labute approximate surface area is 287 Å². The Balaban J connectivity index is 1.16. The fraction of sp³-hybridized carbons (Fsp3) is 0.231. The first-order valence-corrected chi connectivity index (χ1v) is 16.5. The molecule has 2 fully saturated rings. The van der Waals surface area contributed by atoms with Crippen LogP contribution in [-0.4, -0.2) is 56.1 Å². The summed E-state index contributed by atoms with van der Waals surface area (Å²) in [5.41, 5.74) is 2.30. The molecule has 4 heterocycles. The molecule has 0 aliphatic carbocycles. The van der Waals surface area contributed by atoms with E-state index < -0.39 is 41.6 Å². The number of fused-ring (bicyclic) bond motifs is 2. The third-order valence-electron chi connectivity index (χ3n) is 9.16. The maximum atomic E-state index is 13.7. The smallest absolute Gasteiger partial charge is 0.330 e. The zero-order valence-electron chi connectivity index (χ0n) is 27.4. The van der Waals surface area contributed by atoms with Gasteiger partial charge in [-0.15, -0.1) is 0 Å². The van der Waals surface area contributed by atoms with Crippen molar-refractivity contribution >= 4 is 22.9 Å². The zero-order valence-corrected chi connectivity index (χ0v) is 27.4. The SMILES string of the molecule is CC1(C)O[C@@H]2[C@H](O1)[C@@H](COC(c1ccccc1)(c1ccccc1)c1ccccc1)O[C@H]2n1c(=O)[nH]c2c(NC(=O)c3ccccc3)ncnc21. The Morgan fingerprint density at radius 2 is 1.36 bits per heavy atom. The van der Waals surface area contributed by atoms with Crippen LogP contribution >= 0.6 is 0 Å². The molecule has 11 heteroatoms. The van der Waals surface area contributed by atoms with Crippen molar-refractivity contribution in [1.82, 2.24) is 19.5 Å². The number of hydrogen-bond donors (Lipinski definition) is 2. The van der Waals surface area contributed by atoms with Crippen LogP contribution in [0.15, 0.2) is 132 Å². The molecule has 11 nitrogen and oxygen atoms in total. The van der Waals surface area contributed by atoms with Gasteiger partial charge in [0, 0.05) is 5.56 Å². The maximum Gasteiger partial charge on any atom is 0.330 e. The minimum absolute atomic E-state index is 0.0975. The molecule has 6 aromatic rings. The molecule has 0 saturated carbocycles. The molecule has 0 radical (unpaired) electrons. The first-order valence-electron chi connectivity index (χ1n) is 16.5. The van der Waals surface area contributed by atoms with Crippen LogP contribution in [0.4, 0.5) is 5.82 Å². The van der Waals surface area contributed by atoms with Crippen LogP contribution < -0.4 is 11.0 Å². The van der Waals surface area contributed by atoms with E-state index in [9.17, 15) is 9.59 Å². The highest BCUT2D eigenvalue weighted by atomic mass is 16.8. The molecule has 2 N–H and O–H groups in total. The number of carbonyl (C=O) groups excluding carboxylic acids is 1. The number of ether oxygens (including phenoxy) is 4. The number of rotatable bonds is 9. The molecule has 0 spiro atoms. The molecule has 0 bridgehead atoms. The van der Waals surface area contributed by atoms with E-state index in [2.05, 4.69) is 56.7 Å². The monoisotopic (exact) mass is 669 g/mol. The summed E-state index contributed by atoms with van der Waals surface area (Å²) in [5.74, 6) is -1.16. The second kappa shape index (κ2) is 12.8. The number of amides is 1. The van der Waals surface area contributed by atoms with Crippen LogP contribution in [0, 0.1) is 0 Å². The summed E-state index contributed by atoms with van der Waals surface area (Å²) >= 11 is 0. The van der Waals surface area contributed by atoms with Crippen molar-refractivity contribution in [2.75, 3.05) is 11.9 Å². The van der Waals surface area contributed by atoms with Crippen molar-refractivity contribution < 1.29 is 23.7 Å². The zero-order chi connectivity index (χ0) is 34.3. The van der Waals surface area contributed by atoms with Gasteiger partial charge in [0.25, 0.3) is 5.91 Å². The van der Waals surface area contributed by atoms with Crippen molar-refractivity contribution in [3.05, 3.63) is 160 Å². The van der Waals surface area contributed by atoms with Crippen molar-refractivity contribution in [2.45, 2.75) is 49.8 Å². The topological polar surface area (TPSA) is 130 Å². The maximum absolute atomic E-state index is 13.7. The van der Waals surface area contributed by atoms with Crippen LogP contribution in [0.25, 0.3) is 11.2 Å². The largest absolute Gasteiger partial charge is 0.358 e. The summed E-state index contributed by atoms with van der Waals surface area (Å²) in [4.78, 5) is 38.2. The summed E-state index contributed by atoms with van der Waals surface area (Å²) in [6.45, 7) is 3.76. The van der Waals surface area contributed by atoms with Crippen LogP contribution in [0.3, 0.4) is 0 Å². The molecule has 2 saturated heterocycles. The number of nitrogens with zero attached hydrogens (tertiary/aromatic N) is 3. The Bertz CT molecular complexity index is 2080. The third-order valence-corrected chi connectivity index (χ3v) is 9.16. The number of H-pyrrole nitrogens is 1. The van der Waals surface area contributed by atoms with Gasteiger partial charge in [0.15, 0.2) is 23.5 Å². The normalized spacial score (nSPS) is 21.2. The van der Waals surface area contributed by atoms with Gasteiger partial charge in [-0.05, 0) is 42.7 Å². The highest BCUT2D eigenvalue weighted by molar-refractivity contribution is 6.06. The minimum atomic E-state index is -0.994. The molecule has 8 rings (SSSR count). The lowest BCUT2D eigenvalue weighted by Crippen LogP contribution is -2.39. The number of nitrogens with one attached hydrogen (secondary N) is 2. The molecular formula is C39H35N5O6. The average molecular weight is 670 g/mol. The standard InChI is InChI=1S/C39H35N5O6/c1-38(2)49-31-29(23-47-39(26-17-9-4-10-18-26,27-19-11-5-12-20-27)28-21-13-6-14-22-28)48-36(32(31)50-38)44-34-30(42-37(44)46)33(40-24-41-34)43-35(45)25-15-7-3-8-16-25/h3-22,24,29,31-32,36H,23H2,1-2H3,(H,42,46)(H,40,41,43,45)/t29-,31-,32-,36-/m1/s1.